The van der Waals surface area contributed by atoms with E-state index < -0.39 is 22.0 Å². The minimum Gasteiger partial charge on any atom is -0.478 e. The summed E-state index contributed by atoms with van der Waals surface area (Å²) >= 11 is 6.01. The fourth-order valence-electron chi connectivity index (χ4n) is 3.19. The Labute approximate surface area is 180 Å². The highest BCUT2D eigenvalue weighted by molar-refractivity contribution is 7.89. The maximum absolute atomic E-state index is 13.5. The Morgan fingerprint density at radius 3 is 2.27 bits per heavy atom. The molecule has 1 aromatic heterocycles. The van der Waals surface area contributed by atoms with Gasteiger partial charge in [0, 0.05) is 11.2 Å². The van der Waals surface area contributed by atoms with E-state index in [0.717, 1.165) is 5.56 Å². The zero-order valence-electron chi connectivity index (χ0n) is 16.3. The van der Waals surface area contributed by atoms with Gasteiger partial charge in [0.2, 0.25) is 10.0 Å². The highest BCUT2D eigenvalue weighted by Gasteiger charge is 2.32. The fourth-order valence-corrected chi connectivity index (χ4v) is 4.99. The molecule has 1 heterocycles. The smallest absolute Gasteiger partial charge is 0.337 e. The number of benzene rings is 2. The molecule has 30 heavy (non-hydrogen) atoms. The minimum atomic E-state index is -3.85. The molecule has 0 spiro atoms. The van der Waals surface area contributed by atoms with E-state index in [1.54, 1.807) is 42.5 Å². The molecule has 3 rings (SSSR count). The number of sulfonamides is 1. The molecule has 0 amide bonds. The van der Waals surface area contributed by atoms with E-state index in [0.29, 0.717) is 17.1 Å². The van der Waals surface area contributed by atoms with Crippen LogP contribution in [0, 0.1) is 0 Å². The second kappa shape index (κ2) is 9.38. The van der Waals surface area contributed by atoms with Crippen molar-refractivity contribution in [3.05, 3.63) is 94.8 Å². The molecule has 0 saturated heterocycles. The first kappa shape index (κ1) is 22.0. The van der Waals surface area contributed by atoms with Gasteiger partial charge in [-0.3, -0.25) is 4.98 Å². The first-order chi connectivity index (χ1) is 14.3. The van der Waals surface area contributed by atoms with Crippen molar-refractivity contribution in [2.24, 2.45) is 0 Å². The normalized spacial score (nSPS) is 12.6. The predicted molar refractivity (Wildman–Crippen MR) is 115 cm³/mol. The van der Waals surface area contributed by atoms with Crippen molar-refractivity contribution in [1.82, 2.24) is 9.29 Å². The minimum absolute atomic E-state index is 0.00173. The third kappa shape index (κ3) is 4.87. The Balaban J connectivity index is 2.05. The van der Waals surface area contributed by atoms with E-state index in [2.05, 4.69) is 4.98 Å². The molecular weight excluding hydrogens is 424 g/mol. The van der Waals surface area contributed by atoms with Gasteiger partial charge in [-0.15, -0.1) is 0 Å². The zero-order valence-corrected chi connectivity index (χ0v) is 17.8. The van der Waals surface area contributed by atoms with E-state index in [4.69, 9.17) is 16.7 Å². The first-order valence-electron chi connectivity index (χ1n) is 9.33. The van der Waals surface area contributed by atoms with Crippen LogP contribution in [-0.4, -0.2) is 28.8 Å². The summed E-state index contributed by atoms with van der Waals surface area (Å²) in [6.45, 7) is 1.91. The Kier molecular flexibility index (Phi) is 6.87. The van der Waals surface area contributed by atoms with E-state index in [1.165, 1.54) is 22.6 Å². The van der Waals surface area contributed by atoms with E-state index >= 15 is 0 Å². The van der Waals surface area contributed by atoms with Crippen molar-refractivity contribution in [3.63, 3.8) is 0 Å². The second-order valence-electron chi connectivity index (χ2n) is 6.68. The molecule has 0 aliphatic rings. The van der Waals surface area contributed by atoms with Crippen LogP contribution in [0.25, 0.3) is 0 Å². The average molecular weight is 445 g/mol. The summed E-state index contributed by atoms with van der Waals surface area (Å²) in [5.41, 5.74) is 1.30. The maximum Gasteiger partial charge on any atom is 0.337 e. The van der Waals surface area contributed by atoms with Gasteiger partial charge in [0.05, 0.1) is 28.7 Å². The number of rotatable bonds is 8. The van der Waals surface area contributed by atoms with Crippen LogP contribution in [0.3, 0.4) is 0 Å². The number of carbonyl (C=O) groups is 1. The van der Waals surface area contributed by atoms with Gasteiger partial charge >= 0.3 is 5.97 Å². The second-order valence-corrected chi connectivity index (χ2v) is 9.01. The summed E-state index contributed by atoms with van der Waals surface area (Å²) < 4.78 is 28.5. The Bertz CT molecular complexity index is 1100. The number of aromatic nitrogens is 1. The van der Waals surface area contributed by atoms with Crippen LogP contribution >= 0.6 is 11.6 Å². The maximum atomic E-state index is 13.5. The molecule has 1 N–H and O–H groups in total. The van der Waals surface area contributed by atoms with Gasteiger partial charge in [0.15, 0.2) is 0 Å². The van der Waals surface area contributed by atoms with Crippen molar-refractivity contribution >= 4 is 27.6 Å². The van der Waals surface area contributed by atoms with Gasteiger partial charge in [-0.05, 0) is 48.4 Å². The molecule has 0 aliphatic carbocycles. The standard InChI is InChI=1S/C22H21ClN2O4S/c1-2-21(16-8-11-18(23)12-9-16)25(30(28,29)20-6-4-3-5-7-20)15-19-13-10-17(14-24-19)22(26)27/h3-14,21H,2,15H2,1H3,(H,26,27)/t21-/m0/s1. The van der Waals surface area contributed by atoms with Crippen LogP contribution in [0.15, 0.2) is 77.8 Å². The Morgan fingerprint density at radius 2 is 1.73 bits per heavy atom. The zero-order chi connectivity index (χ0) is 21.7. The van der Waals surface area contributed by atoms with Gasteiger partial charge < -0.3 is 5.11 Å². The van der Waals surface area contributed by atoms with Crippen molar-refractivity contribution in [2.75, 3.05) is 0 Å². The Morgan fingerprint density at radius 1 is 1.07 bits per heavy atom. The third-order valence-electron chi connectivity index (χ3n) is 4.73. The number of pyridine rings is 1. The topological polar surface area (TPSA) is 87.6 Å². The van der Waals surface area contributed by atoms with Crippen LogP contribution in [0.4, 0.5) is 0 Å². The lowest BCUT2D eigenvalue weighted by Gasteiger charge is -2.30. The molecule has 1 atom stereocenters. The largest absolute Gasteiger partial charge is 0.478 e. The van der Waals surface area contributed by atoms with Crippen LogP contribution in [-0.2, 0) is 16.6 Å². The highest BCUT2D eigenvalue weighted by Crippen LogP contribution is 2.32. The molecule has 0 aliphatic heterocycles. The van der Waals surface area contributed by atoms with Gasteiger partial charge in [-0.25, -0.2) is 13.2 Å². The van der Waals surface area contributed by atoms with Gasteiger partial charge in [0.25, 0.3) is 0 Å². The number of halogens is 1. The van der Waals surface area contributed by atoms with E-state index in [1.807, 2.05) is 19.1 Å². The number of hydrogen-bond acceptors (Lipinski definition) is 4. The van der Waals surface area contributed by atoms with Gasteiger partial charge in [-0.1, -0.05) is 48.9 Å². The molecular formula is C22H21ClN2O4S. The van der Waals surface area contributed by atoms with Crippen molar-refractivity contribution in [1.29, 1.82) is 0 Å². The molecule has 0 saturated carbocycles. The van der Waals surface area contributed by atoms with Crippen LogP contribution in [0.1, 0.15) is 41.0 Å². The van der Waals surface area contributed by atoms with Crippen LogP contribution < -0.4 is 0 Å². The predicted octanol–water partition coefficient (Wildman–Crippen LogP) is 4.78. The van der Waals surface area contributed by atoms with E-state index in [9.17, 15) is 13.2 Å². The lowest BCUT2D eigenvalue weighted by molar-refractivity contribution is 0.0696. The lowest BCUT2D eigenvalue weighted by Crippen LogP contribution is -2.34. The molecule has 8 heteroatoms. The van der Waals surface area contributed by atoms with Crippen molar-refractivity contribution in [2.45, 2.75) is 30.8 Å². The molecule has 2 aromatic carbocycles. The molecule has 0 fully saturated rings. The van der Waals surface area contributed by atoms with Crippen molar-refractivity contribution in [3.8, 4) is 0 Å². The number of aromatic carboxylic acids is 1. The summed E-state index contributed by atoms with van der Waals surface area (Å²) in [6, 6.07) is 17.8. The quantitative estimate of drug-likeness (QED) is 0.540. The van der Waals surface area contributed by atoms with Gasteiger partial charge in [0.1, 0.15) is 0 Å². The first-order valence-corrected chi connectivity index (χ1v) is 11.1. The third-order valence-corrected chi connectivity index (χ3v) is 6.85. The molecule has 0 unspecified atom stereocenters. The summed E-state index contributed by atoms with van der Waals surface area (Å²) in [5.74, 6) is -1.09. The van der Waals surface area contributed by atoms with Gasteiger partial charge in [-0.2, -0.15) is 4.31 Å². The monoisotopic (exact) mass is 444 g/mol. The molecule has 0 radical (unpaired) electrons. The fraction of sp³-hybridized carbons (Fsp3) is 0.182. The van der Waals surface area contributed by atoms with Crippen LogP contribution in [0.2, 0.25) is 5.02 Å². The molecule has 3 aromatic rings. The summed E-state index contributed by atoms with van der Waals surface area (Å²) in [6.07, 6.45) is 1.76. The highest BCUT2D eigenvalue weighted by atomic mass is 35.5. The summed E-state index contributed by atoms with van der Waals surface area (Å²) in [7, 11) is -3.85. The van der Waals surface area contributed by atoms with Crippen molar-refractivity contribution < 1.29 is 18.3 Å². The lowest BCUT2D eigenvalue weighted by atomic mass is 10.0. The summed E-state index contributed by atoms with van der Waals surface area (Å²) in [5, 5.41) is 9.64. The Hall–Kier alpha value is -2.74. The van der Waals surface area contributed by atoms with E-state index in [-0.39, 0.29) is 17.0 Å². The summed E-state index contributed by atoms with van der Waals surface area (Å²) in [4.78, 5) is 15.4. The number of carboxylic acids is 1. The number of nitrogens with zero attached hydrogens (tertiary/aromatic N) is 2. The number of carboxylic acid groups (broad SMARTS) is 1. The molecule has 0 bridgehead atoms. The molecule has 6 nitrogen and oxygen atoms in total. The SMILES string of the molecule is CC[C@@H](c1ccc(Cl)cc1)N(Cc1ccc(C(=O)O)cn1)S(=O)(=O)c1ccccc1. The number of hydrogen-bond donors (Lipinski definition) is 1. The molecule has 156 valence electrons. The average Bonchev–Trinajstić information content (AvgIpc) is 2.75. The van der Waals surface area contributed by atoms with Crippen LogP contribution in [0.5, 0.6) is 0 Å².